The van der Waals surface area contributed by atoms with Crippen molar-refractivity contribution in [1.29, 1.82) is 0 Å². The topological polar surface area (TPSA) is 21.3 Å². The summed E-state index contributed by atoms with van der Waals surface area (Å²) in [6, 6.07) is 12.5. The molecule has 0 spiro atoms. The molecule has 1 aliphatic rings. The van der Waals surface area contributed by atoms with E-state index in [2.05, 4.69) is 29.6 Å². The Balaban J connectivity index is 2.04. The molecule has 0 amide bonds. The van der Waals surface area contributed by atoms with Crippen molar-refractivity contribution >= 4 is 11.6 Å². The van der Waals surface area contributed by atoms with Gasteiger partial charge in [-0.25, -0.2) is 0 Å². The normalized spacial score (nSPS) is 13.7. The summed E-state index contributed by atoms with van der Waals surface area (Å²) in [7, 11) is 1.95. The van der Waals surface area contributed by atoms with Gasteiger partial charge in [-0.3, -0.25) is 0 Å². The standard InChI is InChI=1S/C17H18ClNO/c1-19-11-14-10-15(18)5-6-16(14)12-4-7-17-13(9-12)3-2-8-20-17/h4-7,9-10,19H,2-3,8,11H2,1H3. The number of aryl methyl sites for hydroxylation is 1. The molecule has 0 atom stereocenters. The van der Waals surface area contributed by atoms with Crippen molar-refractivity contribution in [3.05, 3.63) is 52.5 Å². The predicted octanol–water partition coefficient (Wildman–Crippen LogP) is 4.05. The summed E-state index contributed by atoms with van der Waals surface area (Å²) in [5.74, 6) is 1.03. The highest BCUT2D eigenvalue weighted by atomic mass is 35.5. The van der Waals surface area contributed by atoms with Gasteiger partial charge >= 0.3 is 0 Å². The van der Waals surface area contributed by atoms with Crippen LogP contribution in [0.15, 0.2) is 36.4 Å². The van der Waals surface area contributed by atoms with Gasteiger partial charge < -0.3 is 10.1 Å². The number of rotatable bonds is 3. The van der Waals surface area contributed by atoms with Crippen LogP contribution in [0, 0.1) is 0 Å². The molecular formula is C17H18ClNO. The quantitative estimate of drug-likeness (QED) is 0.919. The average molecular weight is 288 g/mol. The number of hydrogen-bond acceptors (Lipinski definition) is 2. The number of ether oxygens (including phenoxy) is 1. The van der Waals surface area contributed by atoms with Crippen LogP contribution in [0.2, 0.25) is 5.02 Å². The molecular weight excluding hydrogens is 270 g/mol. The van der Waals surface area contributed by atoms with E-state index < -0.39 is 0 Å². The molecule has 3 heteroatoms. The maximum absolute atomic E-state index is 6.11. The summed E-state index contributed by atoms with van der Waals surface area (Å²) in [4.78, 5) is 0. The van der Waals surface area contributed by atoms with Crippen LogP contribution in [0.1, 0.15) is 17.5 Å². The zero-order chi connectivity index (χ0) is 13.9. The number of hydrogen-bond donors (Lipinski definition) is 1. The van der Waals surface area contributed by atoms with Crippen LogP contribution in [0.3, 0.4) is 0 Å². The number of nitrogens with one attached hydrogen (secondary N) is 1. The molecule has 0 unspecified atom stereocenters. The molecule has 0 saturated carbocycles. The molecule has 0 bridgehead atoms. The molecule has 3 rings (SSSR count). The van der Waals surface area contributed by atoms with Crippen LogP contribution in [0.5, 0.6) is 5.75 Å². The Morgan fingerprint density at radius 1 is 1.20 bits per heavy atom. The lowest BCUT2D eigenvalue weighted by Crippen LogP contribution is -2.09. The van der Waals surface area contributed by atoms with Crippen molar-refractivity contribution in [3.8, 4) is 16.9 Å². The molecule has 0 saturated heterocycles. The molecule has 1 N–H and O–H groups in total. The van der Waals surface area contributed by atoms with E-state index in [1.54, 1.807) is 0 Å². The molecule has 1 heterocycles. The molecule has 0 aliphatic carbocycles. The van der Waals surface area contributed by atoms with Crippen molar-refractivity contribution in [2.75, 3.05) is 13.7 Å². The van der Waals surface area contributed by atoms with E-state index in [-0.39, 0.29) is 0 Å². The van der Waals surface area contributed by atoms with Crippen LogP contribution in [0.25, 0.3) is 11.1 Å². The fourth-order valence-corrected chi connectivity index (χ4v) is 2.90. The zero-order valence-electron chi connectivity index (χ0n) is 11.6. The van der Waals surface area contributed by atoms with E-state index in [4.69, 9.17) is 16.3 Å². The molecule has 1 aliphatic heterocycles. The highest BCUT2D eigenvalue weighted by Gasteiger charge is 2.12. The highest BCUT2D eigenvalue weighted by Crippen LogP contribution is 2.32. The third kappa shape index (κ3) is 2.67. The van der Waals surface area contributed by atoms with Gasteiger partial charge in [0.1, 0.15) is 5.75 Å². The van der Waals surface area contributed by atoms with E-state index in [0.29, 0.717) is 0 Å². The molecule has 20 heavy (non-hydrogen) atoms. The molecule has 0 fully saturated rings. The van der Waals surface area contributed by atoms with Gasteiger partial charge in [0.25, 0.3) is 0 Å². The largest absolute Gasteiger partial charge is 0.493 e. The summed E-state index contributed by atoms with van der Waals surface area (Å²) in [6.45, 7) is 1.64. The van der Waals surface area contributed by atoms with E-state index in [0.717, 1.165) is 36.8 Å². The Labute approximate surface area is 124 Å². The smallest absolute Gasteiger partial charge is 0.122 e. The first kappa shape index (κ1) is 13.5. The predicted molar refractivity (Wildman–Crippen MR) is 83.5 cm³/mol. The Bertz CT molecular complexity index is 624. The first-order chi connectivity index (χ1) is 9.78. The van der Waals surface area contributed by atoms with Gasteiger partial charge in [0.05, 0.1) is 6.61 Å². The Kier molecular flexibility index (Phi) is 3.95. The van der Waals surface area contributed by atoms with Crippen molar-refractivity contribution in [2.45, 2.75) is 19.4 Å². The van der Waals surface area contributed by atoms with Crippen molar-refractivity contribution in [2.24, 2.45) is 0 Å². The summed E-state index contributed by atoms with van der Waals surface area (Å²) >= 11 is 6.11. The van der Waals surface area contributed by atoms with Crippen LogP contribution in [-0.2, 0) is 13.0 Å². The van der Waals surface area contributed by atoms with Crippen molar-refractivity contribution in [3.63, 3.8) is 0 Å². The maximum atomic E-state index is 6.11. The third-order valence-electron chi connectivity index (χ3n) is 3.65. The molecule has 104 valence electrons. The second kappa shape index (κ2) is 5.86. The van der Waals surface area contributed by atoms with Gasteiger partial charge in [-0.05, 0) is 66.4 Å². The fourth-order valence-electron chi connectivity index (χ4n) is 2.71. The fraction of sp³-hybridized carbons (Fsp3) is 0.294. The lowest BCUT2D eigenvalue weighted by atomic mass is 9.95. The van der Waals surface area contributed by atoms with Gasteiger partial charge in [0.2, 0.25) is 0 Å². The third-order valence-corrected chi connectivity index (χ3v) is 3.89. The SMILES string of the molecule is CNCc1cc(Cl)ccc1-c1ccc2c(c1)CCCO2. The summed E-state index contributed by atoms with van der Waals surface area (Å²) in [5.41, 5.74) is 4.99. The van der Waals surface area contributed by atoms with Gasteiger partial charge in [-0.1, -0.05) is 23.7 Å². The second-order valence-electron chi connectivity index (χ2n) is 5.11. The van der Waals surface area contributed by atoms with Gasteiger partial charge in [-0.15, -0.1) is 0 Å². The maximum Gasteiger partial charge on any atom is 0.122 e. The molecule has 0 radical (unpaired) electrons. The van der Waals surface area contributed by atoms with Crippen LogP contribution in [0.4, 0.5) is 0 Å². The van der Waals surface area contributed by atoms with E-state index in [1.165, 1.54) is 22.3 Å². The average Bonchev–Trinajstić information content (AvgIpc) is 2.47. The molecule has 0 aromatic heterocycles. The minimum atomic E-state index is 0.778. The lowest BCUT2D eigenvalue weighted by Gasteiger charge is -2.19. The van der Waals surface area contributed by atoms with Crippen LogP contribution >= 0.6 is 11.6 Å². The number of benzene rings is 2. The Morgan fingerprint density at radius 3 is 2.95 bits per heavy atom. The van der Waals surface area contributed by atoms with E-state index >= 15 is 0 Å². The summed E-state index contributed by atoms with van der Waals surface area (Å²) < 4.78 is 5.68. The van der Waals surface area contributed by atoms with Crippen LogP contribution < -0.4 is 10.1 Å². The lowest BCUT2D eigenvalue weighted by molar-refractivity contribution is 0.288. The first-order valence-electron chi connectivity index (χ1n) is 6.97. The Hall–Kier alpha value is -1.51. The zero-order valence-corrected chi connectivity index (χ0v) is 12.3. The minimum absolute atomic E-state index is 0.778. The van der Waals surface area contributed by atoms with Crippen LogP contribution in [-0.4, -0.2) is 13.7 Å². The molecule has 2 nitrogen and oxygen atoms in total. The number of fused-ring (bicyclic) bond motifs is 1. The highest BCUT2D eigenvalue weighted by molar-refractivity contribution is 6.30. The number of halogens is 1. The molecule has 2 aromatic carbocycles. The summed E-state index contributed by atoms with van der Waals surface area (Å²) in [6.07, 6.45) is 2.19. The van der Waals surface area contributed by atoms with E-state index in [1.807, 2.05) is 19.2 Å². The first-order valence-corrected chi connectivity index (χ1v) is 7.35. The van der Waals surface area contributed by atoms with Gasteiger partial charge in [-0.2, -0.15) is 0 Å². The summed E-state index contributed by atoms with van der Waals surface area (Å²) in [5, 5.41) is 3.98. The van der Waals surface area contributed by atoms with E-state index in [9.17, 15) is 0 Å². The van der Waals surface area contributed by atoms with Crippen molar-refractivity contribution < 1.29 is 4.74 Å². The van der Waals surface area contributed by atoms with Gasteiger partial charge in [0.15, 0.2) is 0 Å². The van der Waals surface area contributed by atoms with Crippen molar-refractivity contribution in [1.82, 2.24) is 5.32 Å². The second-order valence-corrected chi connectivity index (χ2v) is 5.54. The monoisotopic (exact) mass is 287 g/mol. The molecule has 2 aromatic rings. The Morgan fingerprint density at radius 2 is 2.10 bits per heavy atom. The van der Waals surface area contributed by atoms with Gasteiger partial charge in [0, 0.05) is 11.6 Å². The minimum Gasteiger partial charge on any atom is -0.493 e.